The first-order valence-corrected chi connectivity index (χ1v) is 15.2. The Morgan fingerprint density at radius 2 is 1.79 bits per heavy atom. The molecule has 2 atom stereocenters. The number of likely N-dealkylation sites (tertiary alicyclic amines) is 1. The predicted octanol–water partition coefficient (Wildman–Crippen LogP) is 6.50. The van der Waals surface area contributed by atoms with Gasteiger partial charge in [-0.05, 0) is 74.4 Å². The van der Waals surface area contributed by atoms with E-state index < -0.39 is 12.0 Å². The van der Waals surface area contributed by atoms with Crippen molar-refractivity contribution in [2.75, 3.05) is 45.7 Å². The maximum atomic E-state index is 13.5. The smallest absolute Gasteiger partial charge is 0.317 e. The molecule has 9 heteroatoms. The average Bonchev–Trinajstić information content (AvgIpc) is 2.93. The topological polar surface area (TPSA) is 63.5 Å². The molecule has 0 amide bonds. The highest BCUT2D eigenvalue weighted by atomic mass is 35.5. The van der Waals surface area contributed by atoms with Gasteiger partial charge in [0.25, 0.3) is 0 Å². The fourth-order valence-corrected chi connectivity index (χ4v) is 5.80. The highest BCUT2D eigenvalue weighted by molar-refractivity contribution is 8.13. The number of ether oxygens (including phenoxy) is 2. The third-order valence-electron chi connectivity index (χ3n) is 6.77. The van der Waals surface area contributed by atoms with Crippen molar-refractivity contribution in [2.24, 2.45) is 15.9 Å². The first-order chi connectivity index (χ1) is 18.5. The van der Waals surface area contributed by atoms with Crippen molar-refractivity contribution in [3.05, 3.63) is 69.7 Å². The molecule has 0 spiro atoms. The maximum Gasteiger partial charge on any atom is 0.317 e. The van der Waals surface area contributed by atoms with Gasteiger partial charge in [-0.25, -0.2) is 4.99 Å². The highest BCUT2D eigenvalue weighted by Crippen LogP contribution is 2.36. The van der Waals surface area contributed by atoms with Crippen LogP contribution in [0.4, 0.5) is 0 Å². The van der Waals surface area contributed by atoms with Crippen LogP contribution in [0, 0.1) is 5.92 Å². The summed E-state index contributed by atoms with van der Waals surface area (Å²) in [6.07, 6.45) is 7.26. The summed E-state index contributed by atoms with van der Waals surface area (Å²) in [6, 6.07) is 14.9. The standard InChI is InChI=1S/C29H35Cl2N3O3S/c1-38-29-32-25(20-36-16-14-34-12-6-3-7-13-34)26(27(33-29)22-17-23(30)19-24(31)18-22)28(35)37-15-8-11-21-9-4-2-5-10-21/h2,4-5,9-10,17-19,26-27H,3,6-8,11-16,20H2,1H3. The summed E-state index contributed by atoms with van der Waals surface area (Å²) in [4.78, 5) is 25.5. The fourth-order valence-electron chi connectivity index (χ4n) is 4.83. The van der Waals surface area contributed by atoms with Crippen molar-refractivity contribution in [1.29, 1.82) is 0 Å². The van der Waals surface area contributed by atoms with Gasteiger partial charge >= 0.3 is 5.97 Å². The molecule has 2 unspecified atom stereocenters. The van der Waals surface area contributed by atoms with E-state index in [1.807, 2.05) is 24.5 Å². The summed E-state index contributed by atoms with van der Waals surface area (Å²) in [5.41, 5.74) is 2.59. The van der Waals surface area contributed by atoms with Crippen LogP contribution in [0.25, 0.3) is 0 Å². The molecule has 2 aromatic carbocycles. The number of carbonyl (C=O) groups excluding carboxylic acids is 1. The van der Waals surface area contributed by atoms with Gasteiger partial charge in [-0.3, -0.25) is 9.79 Å². The van der Waals surface area contributed by atoms with Gasteiger partial charge in [0.15, 0.2) is 5.17 Å². The van der Waals surface area contributed by atoms with E-state index in [1.54, 1.807) is 18.2 Å². The van der Waals surface area contributed by atoms with Gasteiger partial charge in [0.05, 0.1) is 31.6 Å². The second-order valence-electron chi connectivity index (χ2n) is 9.56. The minimum atomic E-state index is -0.716. The number of aliphatic imine (C=N–C) groups is 2. The van der Waals surface area contributed by atoms with E-state index in [9.17, 15) is 4.79 Å². The Morgan fingerprint density at radius 1 is 1.05 bits per heavy atom. The molecule has 0 aromatic heterocycles. The molecule has 38 heavy (non-hydrogen) atoms. The Hall–Kier alpha value is -1.90. The number of carbonyl (C=O) groups is 1. The molecule has 0 radical (unpaired) electrons. The number of esters is 1. The first kappa shape index (κ1) is 29.1. The lowest BCUT2D eigenvalue weighted by Crippen LogP contribution is -2.38. The predicted molar refractivity (Wildman–Crippen MR) is 158 cm³/mol. The molecule has 2 aromatic rings. The Kier molecular flexibility index (Phi) is 11.5. The van der Waals surface area contributed by atoms with Crippen molar-refractivity contribution in [1.82, 2.24) is 4.90 Å². The number of piperidine rings is 1. The number of benzene rings is 2. The number of amidine groups is 1. The van der Waals surface area contributed by atoms with E-state index >= 15 is 0 Å². The van der Waals surface area contributed by atoms with Crippen LogP contribution >= 0.6 is 35.0 Å². The van der Waals surface area contributed by atoms with Gasteiger partial charge in [0, 0.05) is 16.6 Å². The van der Waals surface area contributed by atoms with E-state index in [2.05, 4.69) is 17.0 Å². The van der Waals surface area contributed by atoms with Crippen molar-refractivity contribution in [3.63, 3.8) is 0 Å². The number of rotatable bonds is 11. The number of nitrogens with zero attached hydrogens (tertiary/aromatic N) is 3. The molecule has 2 aliphatic heterocycles. The number of thioether (sulfide) groups is 1. The van der Waals surface area contributed by atoms with Crippen LogP contribution in [0.3, 0.4) is 0 Å². The molecule has 1 fully saturated rings. The second-order valence-corrected chi connectivity index (χ2v) is 11.2. The van der Waals surface area contributed by atoms with Crippen LogP contribution in [-0.4, -0.2) is 67.5 Å². The lowest BCUT2D eigenvalue weighted by molar-refractivity contribution is -0.147. The molecule has 0 saturated carbocycles. The van der Waals surface area contributed by atoms with E-state index in [-0.39, 0.29) is 12.6 Å². The van der Waals surface area contributed by atoms with Crippen molar-refractivity contribution >= 4 is 51.8 Å². The SMILES string of the molecule is CSC1=NC(c2cc(Cl)cc(Cl)c2)C(C(=O)OCCCc2ccccc2)C(COCCN2CCCCC2)=N1. The zero-order chi connectivity index (χ0) is 26.7. The van der Waals surface area contributed by atoms with Gasteiger partial charge in [-0.1, -0.05) is 71.7 Å². The normalized spacial score (nSPS) is 20.1. The largest absolute Gasteiger partial charge is 0.465 e. The summed E-state index contributed by atoms with van der Waals surface area (Å²) < 4.78 is 11.9. The molecular formula is C29H35Cl2N3O3S. The number of hydrogen-bond acceptors (Lipinski definition) is 7. The van der Waals surface area contributed by atoms with E-state index in [0.29, 0.717) is 34.1 Å². The number of halogens is 2. The summed E-state index contributed by atoms with van der Waals surface area (Å²) in [6.45, 7) is 4.24. The quantitative estimate of drug-likeness (QED) is 0.226. The summed E-state index contributed by atoms with van der Waals surface area (Å²) >= 11 is 14.1. The Labute approximate surface area is 239 Å². The highest BCUT2D eigenvalue weighted by Gasteiger charge is 2.38. The molecular weight excluding hydrogens is 541 g/mol. The van der Waals surface area contributed by atoms with Crippen molar-refractivity contribution in [2.45, 2.75) is 38.1 Å². The van der Waals surface area contributed by atoms with Crippen LogP contribution in [0.15, 0.2) is 58.5 Å². The van der Waals surface area contributed by atoms with Crippen LogP contribution < -0.4 is 0 Å². The molecule has 4 rings (SSSR count). The lowest BCUT2D eigenvalue weighted by atomic mass is 9.88. The minimum absolute atomic E-state index is 0.238. The van der Waals surface area contributed by atoms with Gasteiger partial charge in [0.1, 0.15) is 5.92 Å². The molecule has 0 N–H and O–H groups in total. The number of hydrogen-bond donors (Lipinski definition) is 0. The third-order valence-corrected chi connectivity index (χ3v) is 7.77. The molecule has 2 heterocycles. The monoisotopic (exact) mass is 575 g/mol. The zero-order valence-electron chi connectivity index (χ0n) is 21.8. The first-order valence-electron chi connectivity index (χ1n) is 13.2. The molecule has 0 bridgehead atoms. The van der Waals surface area contributed by atoms with Gasteiger partial charge in [-0.2, -0.15) is 0 Å². The zero-order valence-corrected chi connectivity index (χ0v) is 24.1. The molecule has 2 aliphatic rings. The van der Waals surface area contributed by atoms with Crippen LogP contribution in [-0.2, 0) is 20.7 Å². The molecule has 1 saturated heterocycles. The molecule has 204 valence electrons. The van der Waals surface area contributed by atoms with Gasteiger partial charge in [-0.15, -0.1) is 0 Å². The second kappa shape index (κ2) is 15.0. The van der Waals surface area contributed by atoms with Gasteiger partial charge in [0.2, 0.25) is 0 Å². The van der Waals surface area contributed by atoms with Crippen LogP contribution in [0.1, 0.15) is 42.9 Å². The summed E-state index contributed by atoms with van der Waals surface area (Å²) in [5.74, 6) is -1.08. The van der Waals surface area contributed by atoms with Crippen LogP contribution in [0.2, 0.25) is 10.0 Å². The third kappa shape index (κ3) is 8.55. The maximum absolute atomic E-state index is 13.5. The molecule has 6 nitrogen and oxygen atoms in total. The summed E-state index contributed by atoms with van der Waals surface area (Å²) in [7, 11) is 0. The summed E-state index contributed by atoms with van der Waals surface area (Å²) in [5, 5.41) is 1.57. The van der Waals surface area contributed by atoms with E-state index in [4.69, 9.17) is 42.7 Å². The van der Waals surface area contributed by atoms with E-state index in [1.165, 1.54) is 36.6 Å². The minimum Gasteiger partial charge on any atom is -0.465 e. The Bertz CT molecular complexity index is 1100. The number of aryl methyl sites for hydroxylation is 1. The average molecular weight is 577 g/mol. The Morgan fingerprint density at radius 3 is 2.50 bits per heavy atom. The van der Waals surface area contributed by atoms with Crippen LogP contribution in [0.5, 0.6) is 0 Å². The van der Waals surface area contributed by atoms with Crippen molar-refractivity contribution < 1.29 is 14.3 Å². The van der Waals surface area contributed by atoms with E-state index in [0.717, 1.165) is 38.0 Å². The fraction of sp³-hybridized carbons (Fsp3) is 0.483. The van der Waals surface area contributed by atoms with Gasteiger partial charge < -0.3 is 14.4 Å². The molecule has 0 aliphatic carbocycles. The Balaban J connectivity index is 1.46. The van der Waals surface area contributed by atoms with Crippen molar-refractivity contribution in [3.8, 4) is 0 Å². The lowest BCUT2D eigenvalue weighted by Gasteiger charge is -2.29.